The molecule has 224 valence electrons. The molecule has 40 heavy (non-hydrogen) atoms. The molecule has 0 fully saturated rings. The maximum absolute atomic E-state index is 2.33. The molecular weight excluding hydrogens is 484 g/mol. The van der Waals surface area contributed by atoms with Crippen molar-refractivity contribution in [3.8, 4) is 0 Å². The molecule has 0 bridgehead atoms. The molecule has 2 heteroatoms. The molecule has 0 radical (unpaired) electrons. The summed E-state index contributed by atoms with van der Waals surface area (Å²) in [5, 5.41) is 0. The van der Waals surface area contributed by atoms with Gasteiger partial charge in [-0.25, -0.2) is 4.57 Å². The van der Waals surface area contributed by atoms with Gasteiger partial charge < -0.3 is 4.90 Å². The van der Waals surface area contributed by atoms with Crippen LogP contribution in [0.5, 0.6) is 0 Å². The highest BCUT2D eigenvalue weighted by molar-refractivity contribution is 5.70. The van der Waals surface area contributed by atoms with Crippen molar-refractivity contribution in [2.24, 2.45) is 0 Å². The molecule has 1 heterocycles. The second-order valence-corrected chi connectivity index (χ2v) is 12.3. The minimum absolute atomic E-state index is 1.13. The first-order valence-corrected chi connectivity index (χ1v) is 17.1. The maximum atomic E-state index is 2.33. The maximum Gasteiger partial charge on any atom is 0.169 e. The summed E-state index contributed by atoms with van der Waals surface area (Å²) in [6, 6.07) is 13.1. The predicted molar refractivity (Wildman–Crippen MR) is 179 cm³/mol. The number of aromatic nitrogens is 1. The Balaban J connectivity index is 1.35. The van der Waals surface area contributed by atoms with E-state index in [-0.39, 0.29) is 0 Å². The van der Waals surface area contributed by atoms with Crippen LogP contribution < -0.4 is 9.47 Å². The Labute approximate surface area is 249 Å². The van der Waals surface area contributed by atoms with E-state index in [1.807, 2.05) is 0 Å². The van der Waals surface area contributed by atoms with Crippen molar-refractivity contribution < 1.29 is 4.57 Å². The topological polar surface area (TPSA) is 7.12 Å². The van der Waals surface area contributed by atoms with Crippen LogP contribution in [-0.2, 0) is 6.54 Å². The molecule has 0 spiro atoms. The number of hydrogen-bond donors (Lipinski definition) is 0. The first-order valence-electron chi connectivity index (χ1n) is 17.1. The van der Waals surface area contributed by atoms with Gasteiger partial charge in [-0.2, -0.15) is 0 Å². The molecule has 0 aliphatic carbocycles. The second-order valence-electron chi connectivity index (χ2n) is 12.3. The van der Waals surface area contributed by atoms with Crippen molar-refractivity contribution in [1.29, 1.82) is 0 Å². The zero-order valence-corrected chi connectivity index (χ0v) is 26.7. The van der Waals surface area contributed by atoms with Gasteiger partial charge in [0.25, 0.3) is 0 Å². The molecule has 0 saturated carbocycles. The van der Waals surface area contributed by atoms with Gasteiger partial charge in [0.1, 0.15) is 6.54 Å². The Morgan fingerprint density at radius 1 is 0.475 bits per heavy atom. The van der Waals surface area contributed by atoms with Gasteiger partial charge in [-0.3, -0.25) is 0 Å². The molecule has 0 saturated heterocycles. The van der Waals surface area contributed by atoms with Crippen LogP contribution in [-0.4, -0.2) is 14.1 Å². The van der Waals surface area contributed by atoms with Gasteiger partial charge in [0.15, 0.2) is 12.4 Å². The van der Waals surface area contributed by atoms with Crippen LogP contribution in [0.2, 0.25) is 0 Å². The summed E-state index contributed by atoms with van der Waals surface area (Å²) < 4.78 is 2.33. The summed E-state index contributed by atoms with van der Waals surface area (Å²) in [7, 11) is 4.15. The summed E-state index contributed by atoms with van der Waals surface area (Å²) in [5.74, 6) is 0. The van der Waals surface area contributed by atoms with E-state index in [2.05, 4.69) is 91.4 Å². The summed E-state index contributed by atoms with van der Waals surface area (Å²) in [6.45, 7) is 3.44. The highest BCUT2D eigenvalue weighted by atomic mass is 15.1. The fourth-order valence-corrected chi connectivity index (χ4v) is 5.53. The SMILES string of the molecule is CCCCCCCCCCCCCCCCCCCCCCC[n+]1ccc(/C=C/c2ccc(N(C)C)cc2)cc1. The van der Waals surface area contributed by atoms with Gasteiger partial charge in [-0.1, -0.05) is 153 Å². The van der Waals surface area contributed by atoms with E-state index in [4.69, 9.17) is 0 Å². The molecule has 0 amide bonds. The van der Waals surface area contributed by atoms with Crippen LogP contribution in [0.4, 0.5) is 5.69 Å². The number of nitrogens with zero attached hydrogens (tertiary/aromatic N) is 2. The molecule has 2 aromatic rings. The van der Waals surface area contributed by atoms with E-state index in [0.29, 0.717) is 0 Å². The van der Waals surface area contributed by atoms with E-state index < -0.39 is 0 Å². The van der Waals surface area contributed by atoms with E-state index in [9.17, 15) is 0 Å². The number of anilines is 1. The molecule has 1 aromatic heterocycles. The summed E-state index contributed by atoms with van der Waals surface area (Å²) >= 11 is 0. The summed E-state index contributed by atoms with van der Waals surface area (Å²) in [6.07, 6.45) is 39.1. The zero-order chi connectivity index (χ0) is 28.5. The van der Waals surface area contributed by atoms with Crippen molar-refractivity contribution in [3.63, 3.8) is 0 Å². The first-order chi connectivity index (χ1) is 19.7. The van der Waals surface area contributed by atoms with Gasteiger partial charge in [-0.15, -0.1) is 0 Å². The monoisotopic (exact) mass is 547 g/mol. The van der Waals surface area contributed by atoms with Crippen LogP contribution in [0.25, 0.3) is 12.2 Å². The van der Waals surface area contributed by atoms with Crippen LogP contribution >= 0.6 is 0 Å². The van der Waals surface area contributed by atoms with Crippen molar-refractivity contribution >= 4 is 17.8 Å². The van der Waals surface area contributed by atoms with Crippen molar-refractivity contribution in [1.82, 2.24) is 0 Å². The van der Waals surface area contributed by atoms with E-state index in [1.165, 1.54) is 152 Å². The van der Waals surface area contributed by atoms with Gasteiger partial charge >= 0.3 is 0 Å². The average Bonchev–Trinajstić information content (AvgIpc) is 2.97. The molecule has 1 aromatic carbocycles. The molecule has 2 nitrogen and oxygen atoms in total. The lowest BCUT2D eigenvalue weighted by atomic mass is 10.0. The minimum atomic E-state index is 1.13. The third-order valence-corrected chi connectivity index (χ3v) is 8.31. The van der Waals surface area contributed by atoms with E-state index in [0.717, 1.165) is 6.54 Å². The Morgan fingerprint density at radius 2 is 0.825 bits per heavy atom. The standard InChI is InChI=1S/C38H63N2/c1-4-5-6-7-8-9-10-11-12-13-14-15-16-17-18-19-20-21-22-23-24-33-40-34-31-37(32-35-40)26-25-36-27-29-38(30-28-36)39(2)3/h25-32,34-35H,4-24,33H2,1-3H3/q+1. The number of unbranched alkanes of at least 4 members (excludes halogenated alkanes) is 20. The smallest absolute Gasteiger partial charge is 0.169 e. The minimum Gasteiger partial charge on any atom is -0.378 e. The fraction of sp³-hybridized carbons (Fsp3) is 0.658. The van der Waals surface area contributed by atoms with Crippen LogP contribution in [0.3, 0.4) is 0 Å². The van der Waals surface area contributed by atoms with E-state index >= 15 is 0 Å². The lowest BCUT2D eigenvalue weighted by Crippen LogP contribution is -2.32. The molecule has 0 atom stereocenters. The van der Waals surface area contributed by atoms with Gasteiger partial charge in [0.2, 0.25) is 0 Å². The average molecular weight is 548 g/mol. The third kappa shape index (κ3) is 17.6. The second kappa shape index (κ2) is 23.6. The van der Waals surface area contributed by atoms with Crippen molar-refractivity contribution in [2.75, 3.05) is 19.0 Å². The number of rotatable bonds is 25. The highest BCUT2D eigenvalue weighted by Gasteiger charge is 2.01. The number of pyridine rings is 1. The molecular formula is C38H63N2+. The van der Waals surface area contributed by atoms with Crippen LogP contribution in [0.15, 0.2) is 48.8 Å². The first kappa shape index (κ1) is 34.1. The molecule has 0 aliphatic heterocycles. The largest absolute Gasteiger partial charge is 0.378 e. The predicted octanol–water partition coefficient (Wildman–Crippen LogP) is 11.4. The van der Waals surface area contributed by atoms with Gasteiger partial charge in [0, 0.05) is 38.3 Å². The van der Waals surface area contributed by atoms with Crippen molar-refractivity contribution in [3.05, 3.63) is 59.9 Å². The Morgan fingerprint density at radius 3 is 1.20 bits per heavy atom. The lowest BCUT2D eigenvalue weighted by molar-refractivity contribution is -0.697. The van der Waals surface area contributed by atoms with E-state index in [1.54, 1.807) is 0 Å². The van der Waals surface area contributed by atoms with Gasteiger partial charge in [-0.05, 0) is 29.7 Å². The third-order valence-electron chi connectivity index (χ3n) is 8.31. The number of benzene rings is 1. The Kier molecular flexibility index (Phi) is 20.1. The Hall–Kier alpha value is -2.09. The number of aryl methyl sites for hydroxylation is 1. The summed E-state index contributed by atoms with van der Waals surface area (Å²) in [4.78, 5) is 2.13. The lowest BCUT2D eigenvalue weighted by Gasteiger charge is -2.11. The molecule has 2 rings (SSSR count). The summed E-state index contributed by atoms with van der Waals surface area (Å²) in [5.41, 5.74) is 3.73. The quantitative estimate of drug-likeness (QED) is 0.0885. The molecule has 0 aliphatic rings. The van der Waals surface area contributed by atoms with Crippen LogP contribution in [0.1, 0.15) is 153 Å². The van der Waals surface area contributed by atoms with Crippen LogP contribution in [0, 0.1) is 0 Å². The van der Waals surface area contributed by atoms with Gasteiger partial charge in [0.05, 0.1) is 0 Å². The molecule has 0 unspecified atom stereocenters. The zero-order valence-electron chi connectivity index (χ0n) is 26.7. The van der Waals surface area contributed by atoms with Crippen molar-refractivity contribution in [2.45, 2.75) is 148 Å². The normalized spacial score (nSPS) is 11.5. The Bertz CT molecular complexity index is 850. The number of hydrogen-bond acceptors (Lipinski definition) is 1. The molecule has 0 N–H and O–H groups in total. The fourth-order valence-electron chi connectivity index (χ4n) is 5.53. The highest BCUT2D eigenvalue weighted by Crippen LogP contribution is 2.16.